The number of carboxylic acid groups (broad SMARTS) is 3. The number of aliphatic hydroxyl groups excluding tert-OH is 1. The number of carboxylic acids is 3. The number of nitrogens with one attached hydrogen (secondary N) is 3. The van der Waals surface area contributed by atoms with E-state index in [2.05, 4.69) is 5.32 Å². The minimum atomic E-state index is -1.57. The molecular weight excluding hydrogens is 384 g/mol. The van der Waals surface area contributed by atoms with E-state index < -0.39 is 86.2 Å². The second-order valence-electron chi connectivity index (χ2n) is 5.55. The number of rotatable bonds is 13. The van der Waals surface area contributed by atoms with Gasteiger partial charge in [-0.25, -0.2) is 0 Å². The fraction of sp³-hybridized carbons (Fsp3) is 0.571. The van der Waals surface area contributed by atoms with E-state index in [1.54, 1.807) is 0 Å². The van der Waals surface area contributed by atoms with Crippen LogP contribution in [0.1, 0.15) is 19.3 Å². The second kappa shape index (κ2) is 12.2. The minimum absolute atomic E-state index is 0.415. The number of hydrogen-bond donors (Lipinski definition) is 8. The monoisotopic (exact) mass is 406 g/mol. The van der Waals surface area contributed by atoms with Crippen LogP contribution in [0, 0.1) is 0 Å². The molecule has 14 heteroatoms. The van der Waals surface area contributed by atoms with Crippen molar-refractivity contribution in [1.82, 2.24) is 16.0 Å². The van der Waals surface area contributed by atoms with E-state index >= 15 is 0 Å². The number of aliphatic hydroxyl groups is 1. The molecule has 28 heavy (non-hydrogen) atoms. The Morgan fingerprint density at radius 3 is 1.82 bits per heavy atom. The van der Waals surface area contributed by atoms with Crippen molar-refractivity contribution in [2.45, 2.75) is 37.4 Å². The molecule has 14 nitrogen and oxygen atoms in total. The van der Waals surface area contributed by atoms with Gasteiger partial charge in [0, 0.05) is 6.42 Å². The zero-order chi connectivity index (χ0) is 21.9. The van der Waals surface area contributed by atoms with E-state index in [1.165, 1.54) is 0 Å². The quantitative estimate of drug-likeness (QED) is 0.146. The Labute approximate surface area is 158 Å². The molecule has 9 N–H and O–H groups in total. The third-order valence-corrected chi connectivity index (χ3v) is 3.24. The predicted octanol–water partition coefficient (Wildman–Crippen LogP) is -4.18. The normalized spacial score (nSPS) is 13.5. The fourth-order valence-electron chi connectivity index (χ4n) is 1.85. The van der Waals surface area contributed by atoms with Crippen molar-refractivity contribution in [2.75, 3.05) is 13.2 Å². The maximum Gasteiger partial charge on any atom is 0.322 e. The zero-order valence-electron chi connectivity index (χ0n) is 14.6. The Kier molecular flexibility index (Phi) is 10.8. The number of nitrogens with two attached hydrogens (primary N) is 1. The van der Waals surface area contributed by atoms with E-state index in [0.717, 1.165) is 0 Å². The highest BCUT2D eigenvalue weighted by Crippen LogP contribution is 2.01. The van der Waals surface area contributed by atoms with Gasteiger partial charge >= 0.3 is 17.9 Å². The van der Waals surface area contributed by atoms with Crippen LogP contribution in [0.3, 0.4) is 0 Å². The Morgan fingerprint density at radius 2 is 1.36 bits per heavy atom. The van der Waals surface area contributed by atoms with Crippen LogP contribution in [-0.2, 0) is 28.8 Å². The molecule has 0 aromatic carbocycles. The Bertz CT molecular complexity index is 623. The lowest BCUT2D eigenvalue weighted by molar-refractivity contribution is -0.140. The summed E-state index contributed by atoms with van der Waals surface area (Å²) in [6.07, 6.45) is -1.71. The van der Waals surface area contributed by atoms with Crippen LogP contribution in [-0.4, -0.2) is 87.3 Å². The number of carbonyl (C=O) groups is 6. The second-order valence-corrected chi connectivity index (χ2v) is 5.55. The third-order valence-electron chi connectivity index (χ3n) is 3.24. The Hall–Kier alpha value is -3.26. The first-order valence-electron chi connectivity index (χ1n) is 7.88. The summed E-state index contributed by atoms with van der Waals surface area (Å²) in [7, 11) is 0. The van der Waals surface area contributed by atoms with Crippen molar-refractivity contribution < 1.29 is 49.2 Å². The molecule has 0 aliphatic rings. The lowest BCUT2D eigenvalue weighted by atomic mass is 10.1. The van der Waals surface area contributed by atoms with Crippen LogP contribution < -0.4 is 21.7 Å². The maximum absolute atomic E-state index is 12.3. The molecule has 3 atom stereocenters. The molecule has 3 amide bonds. The smallest absolute Gasteiger partial charge is 0.322 e. The minimum Gasteiger partial charge on any atom is -0.481 e. The van der Waals surface area contributed by atoms with Gasteiger partial charge in [0.05, 0.1) is 19.1 Å². The van der Waals surface area contributed by atoms with Crippen molar-refractivity contribution in [3.8, 4) is 0 Å². The van der Waals surface area contributed by atoms with Gasteiger partial charge in [0.25, 0.3) is 0 Å². The third kappa shape index (κ3) is 10.0. The highest BCUT2D eigenvalue weighted by Gasteiger charge is 2.28. The van der Waals surface area contributed by atoms with Crippen molar-refractivity contribution in [3.05, 3.63) is 0 Å². The number of carbonyl (C=O) groups excluding carboxylic acids is 3. The summed E-state index contributed by atoms with van der Waals surface area (Å²) in [5.41, 5.74) is 5.37. The molecule has 0 radical (unpaired) electrons. The summed E-state index contributed by atoms with van der Waals surface area (Å²) in [6, 6.07) is -4.57. The zero-order valence-corrected chi connectivity index (χ0v) is 14.6. The molecule has 0 fully saturated rings. The van der Waals surface area contributed by atoms with E-state index in [0.29, 0.717) is 0 Å². The SMILES string of the molecule is NC(CC(=O)O)C(=O)NC(CCC(=O)O)C(=O)NC(CO)C(=O)NCC(=O)O. The van der Waals surface area contributed by atoms with E-state index in [9.17, 15) is 33.9 Å². The standard InChI is InChI=1S/C14H22N4O10/c15-6(3-10(22)23)12(26)17-7(1-2-9(20)21)14(28)18-8(5-19)13(27)16-4-11(24)25/h6-8,19H,1-5,15H2,(H,16,27)(H,17,26)(H,18,28)(H,20,21)(H,22,23)(H,24,25). The molecule has 0 aliphatic heterocycles. The highest BCUT2D eigenvalue weighted by molar-refractivity contribution is 5.94. The molecule has 0 saturated heterocycles. The molecule has 0 rings (SSSR count). The molecule has 0 saturated carbocycles. The van der Waals surface area contributed by atoms with Crippen LogP contribution in [0.2, 0.25) is 0 Å². The van der Waals surface area contributed by atoms with Crippen LogP contribution in [0.15, 0.2) is 0 Å². The summed E-state index contributed by atoms with van der Waals surface area (Å²) in [6.45, 7) is -1.68. The first kappa shape index (κ1) is 24.7. The first-order valence-corrected chi connectivity index (χ1v) is 7.88. The van der Waals surface area contributed by atoms with E-state index in [1.807, 2.05) is 10.6 Å². The van der Waals surface area contributed by atoms with Crippen molar-refractivity contribution in [2.24, 2.45) is 5.73 Å². The van der Waals surface area contributed by atoms with Gasteiger partial charge in [-0.05, 0) is 6.42 Å². The predicted molar refractivity (Wildman–Crippen MR) is 88.7 cm³/mol. The Balaban J connectivity index is 5.09. The summed E-state index contributed by atoms with van der Waals surface area (Å²) in [4.78, 5) is 67.6. The summed E-state index contributed by atoms with van der Waals surface area (Å²) < 4.78 is 0. The average Bonchev–Trinajstić information content (AvgIpc) is 2.59. The van der Waals surface area contributed by atoms with Crippen molar-refractivity contribution in [1.29, 1.82) is 0 Å². The molecule has 158 valence electrons. The number of amides is 3. The Morgan fingerprint density at radius 1 is 0.786 bits per heavy atom. The van der Waals surface area contributed by atoms with Gasteiger partial charge in [0.15, 0.2) is 0 Å². The van der Waals surface area contributed by atoms with Crippen LogP contribution in [0.4, 0.5) is 0 Å². The van der Waals surface area contributed by atoms with E-state index in [-0.39, 0.29) is 0 Å². The van der Waals surface area contributed by atoms with Crippen molar-refractivity contribution in [3.63, 3.8) is 0 Å². The van der Waals surface area contributed by atoms with Crippen molar-refractivity contribution >= 4 is 35.6 Å². The summed E-state index contributed by atoms with van der Waals surface area (Å²) in [5.74, 6) is -7.14. The van der Waals surface area contributed by atoms with Gasteiger partial charge < -0.3 is 42.1 Å². The van der Waals surface area contributed by atoms with Gasteiger partial charge in [0.2, 0.25) is 17.7 Å². The highest BCUT2D eigenvalue weighted by atomic mass is 16.4. The van der Waals surface area contributed by atoms with Gasteiger partial charge in [-0.3, -0.25) is 28.8 Å². The summed E-state index contributed by atoms with van der Waals surface area (Å²) in [5, 5.41) is 41.1. The van der Waals surface area contributed by atoms with Crippen LogP contribution in [0.5, 0.6) is 0 Å². The van der Waals surface area contributed by atoms with E-state index in [4.69, 9.17) is 21.1 Å². The molecule has 0 heterocycles. The van der Waals surface area contributed by atoms with Gasteiger partial charge in [0.1, 0.15) is 18.6 Å². The molecule has 0 aliphatic carbocycles. The largest absolute Gasteiger partial charge is 0.481 e. The van der Waals surface area contributed by atoms with Gasteiger partial charge in [-0.15, -0.1) is 0 Å². The average molecular weight is 406 g/mol. The first-order chi connectivity index (χ1) is 13.0. The lowest BCUT2D eigenvalue weighted by Crippen LogP contribution is -2.57. The molecular formula is C14H22N4O10. The van der Waals surface area contributed by atoms with Crippen LogP contribution in [0.25, 0.3) is 0 Å². The number of aliphatic carboxylic acids is 3. The molecule has 0 aromatic heterocycles. The molecule has 3 unspecified atom stereocenters. The molecule has 0 aromatic rings. The topological polar surface area (TPSA) is 245 Å². The van der Waals surface area contributed by atoms with Crippen LogP contribution >= 0.6 is 0 Å². The van der Waals surface area contributed by atoms with Gasteiger partial charge in [-0.2, -0.15) is 0 Å². The lowest BCUT2D eigenvalue weighted by Gasteiger charge is -2.22. The number of hydrogen-bond acceptors (Lipinski definition) is 8. The maximum atomic E-state index is 12.3. The molecule has 0 bridgehead atoms. The van der Waals surface area contributed by atoms with Gasteiger partial charge in [-0.1, -0.05) is 0 Å². The fourth-order valence-corrected chi connectivity index (χ4v) is 1.85. The molecule has 0 spiro atoms. The summed E-state index contributed by atoms with van der Waals surface area (Å²) >= 11 is 0.